The number of sulfonamides is 1. The first-order valence-corrected chi connectivity index (χ1v) is 11.0. The van der Waals surface area contributed by atoms with Crippen LogP contribution in [0, 0.1) is 10.1 Å². The van der Waals surface area contributed by atoms with E-state index in [1.54, 1.807) is 24.3 Å². The zero-order chi connectivity index (χ0) is 23.3. The molecule has 3 rings (SSSR count). The maximum absolute atomic E-state index is 12.9. The first-order valence-electron chi connectivity index (χ1n) is 9.19. The van der Waals surface area contributed by atoms with Gasteiger partial charge in [0.25, 0.3) is 21.6 Å². The molecule has 1 amide bonds. The summed E-state index contributed by atoms with van der Waals surface area (Å²) in [6, 6.07) is 17.7. The van der Waals surface area contributed by atoms with Gasteiger partial charge in [-0.05, 0) is 54.6 Å². The van der Waals surface area contributed by atoms with Crippen molar-refractivity contribution in [1.29, 1.82) is 0 Å². The van der Waals surface area contributed by atoms with E-state index in [-0.39, 0.29) is 18.2 Å². The highest BCUT2D eigenvalue weighted by Gasteiger charge is 2.29. The molecule has 0 radical (unpaired) electrons. The highest BCUT2D eigenvalue weighted by atomic mass is 35.5. The monoisotopic (exact) mass is 475 g/mol. The zero-order valence-corrected chi connectivity index (χ0v) is 18.3. The number of nitrogens with zero attached hydrogens (tertiary/aromatic N) is 2. The average molecular weight is 476 g/mol. The van der Waals surface area contributed by atoms with E-state index >= 15 is 0 Å². The summed E-state index contributed by atoms with van der Waals surface area (Å²) in [5.41, 5.74) is 0.326. The number of hydrogen-bond donors (Lipinski definition) is 1. The van der Waals surface area contributed by atoms with Crippen LogP contribution in [-0.4, -0.2) is 32.9 Å². The Hall–Kier alpha value is -3.63. The molecule has 166 valence electrons. The number of ether oxygens (including phenoxy) is 1. The van der Waals surface area contributed by atoms with Gasteiger partial charge in [-0.2, -0.15) is 0 Å². The van der Waals surface area contributed by atoms with Crippen molar-refractivity contribution in [3.63, 3.8) is 0 Å². The van der Waals surface area contributed by atoms with Gasteiger partial charge in [0.2, 0.25) is 0 Å². The molecule has 9 nitrogen and oxygen atoms in total. The lowest BCUT2D eigenvalue weighted by Crippen LogP contribution is -2.27. The average Bonchev–Trinajstić information content (AvgIpc) is 2.79. The molecule has 32 heavy (non-hydrogen) atoms. The number of rotatable bonds is 8. The van der Waals surface area contributed by atoms with Crippen molar-refractivity contribution in [2.75, 3.05) is 23.3 Å². The molecule has 3 aromatic rings. The number of nitrogens with one attached hydrogen (secondary N) is 1. The van der Waals surface area contributed by atoms with Gasteiger partial charge in [-0.1, -0.05) is 23.7 Å². The Morgan fingerprint density at radius 2 is 1.69 bits per heavy atom. The van der Waals surface area contributed by atoms with E-state index in [9.17, 15) is 23.3 Å². The fourth-order valence-corrected chi connectivity index (χ4v) is 4.22. The standard InChI is InChI=1S/C21H18ClN3O6S/c1-24(32(29,30)20-5-3-2-4-19(20)25(27)28)17-10-12-18(13-11-17)31-14-21(26)23-16-8-6-15(22)7-9-16/h2-13H,14H2,1H3,(H,23,26). The molecule has 0 saturated heterocycles. The second-order valence-electron chi connectivity index (χ2n) is 6.54. The molecule has 1 N–H and O–H groups in total. The maximum Gasteiger partial charge on any atom is 0.289 e. The van der Waals surface area contributed by atoms with Gasteiger partial charge in [0.15, 0.2) is 11.5 Å². The minimum atomic E-state index is -4.17. The van der Waals surface area contributed by atoms with Gasteiger partial charge in [0.05, 0.1) is 10.6 Å². The summed E-state index contributed by atoms with van der Waals surface area (Å²) >= 11 is 5.80. The summed E-state index contributed by atoms with van der Waals surface area (Å²) in [6.07, 6.45) is 0. The van der Waals surface area contributed by atoms with Gasteiger partial charge in [-0.25, -0.2) is 8.42 Å². The third kappa shape index (κ3) is 5.34. The van der Waals surface area contributed by atoms with E-state index in [0.717, 1.165) is 10.4 Å². The second kappa shape index (κ2) is 9.67. The number of carbonyl (C=O) groups is 1. The Morgan fingerprint density at radius 3 is 2.31 bits per heavy atom. The third-order valence-corrected chi connectivity index (χ3v) is 6.48. The Kier molecular flexibility index (Phi) is 6.96. The van der Waals surface area contributed by atoms with E-state index in [2.05, 4.69) is 5.32 Å². The summed E-state index contributed by atoms with van der Waals surface area (Å²) in [4.78, 5) is 22.1. The summed E-state index contributed by atoms with van der Waals surface area (Å²) in [5.74, 6) is -0.0380. The van der Waals surface area contributed by atoms with Crippen molar-refractivity contribution in [2.24, 2.45) is 0 Å². The number of hydrogen-bond acceptors (Lipinski definition) is 6. The van der Waals surface area contributed by atoms with Crippen molar-refractivity contribution in [1.82, 2.24) is 0 Å². The normalized spacial score (nSPS) is 10.9. The molecule has 0 aliphatic heterocycles. The predicted octanol–water partition coefficient (Wildman–Crippen LogP) is 4.09. The Morgan fingerprint density at radius 1 is 1.06 bits per heavy atom. The molecule has 0 fully saturated rings. The van der Waals surface area contributed by atoms with Gasteiger partial charge in [-0.3, -0.25) is 19.2 Å². The van der Waals surface area contributed by atoms with Crippen molar-refractivity contribution in [3.8, 4) is 5.75 Å². The van der Waals surface area contributed by atoms with Crippen molar-refractivity contribution < 1.29 is 22.9 Å². The van der Waals surface area contributed by atoms with Gasteiger partial charge in [-0.15, -0.1) is 0 Å². The number of anilines is 2. The van der Waals surface area contributed by atoms with Crippen LogP contribution < -0.4 is 14.4 Å². The first kappa shape index (κ1) is 23.0. The molecule has 0 aromatic heterocycles. The molecule has 0 aliphatic rings. The number of nitro benzene ring substituents is 1. The van der Waals surface area contributed by atoms with Crippen molar-refractivity contribution in [3.05, 3.63) is 87.9 Å². The zero-order valence-electron chi connectivity index (χ0n) is 16.8. The van der Waals surface area contributed by atoms with Crippen LogP contribution in [-0.2, 0) is 14.8 Å². The van der Waals surface area contributed by atoms with Gasteiger partial charge in [0.1, 0.15) is 5.75 Å². The van der Waals surface area contributed by atoms with E-state index in [1.165, 1.54) is 49.5 Å². The molecule has 0 bridgehead atoms. The molecule has 0 saturated carbocycles. The highest BCUT2D eigenvalue weighted by Crippen LogP contribution is 2.29. The van der Waals surface area contributed by atoms with E-state index < -0.39 is 25.5 Å². The fraction of sp³-hybridized carbons (Fsp3) is 0.0952. The lowest BCUT2D eigenvalue weighted by atomic mass is 10.3. The molecule has 0 spiro atoms. The molecule has 0 unspecified atom stereocenters. The molecule has 3 aromatic carbocycles. The molecule has 0 aliphatic carbocycles. The number of carbonyl (C=O) groups excluding carboxylic acids is 1. The predicted molar refractivity (Wildman–Crippen MR) is 121 cm³/mol. The van der Waals surface area contributed by atoms with Gasteiger partial charge >= 0.3 is 0 Å². The summed E-state index contributed by atoms with van der Waals surface area (Å²) < 4.78 is 32.1. The number of benzene rings is 3. The van der Waals surface area contributed by atoms with Crippen LogP contribution in [0.4, 0.5) is 17.1 Å². The summed E-state index contributed by atoms with van der Waals surface area (Å²) in [5, 5.41) is 14.4. The van der Waals surface area contributed by atoms with E-state index in [0.29, 0.717) is 16.5 Å². The Labute approximate surface area is 189 Å². The molecular formula is C21H18ClN3O6S. The number of nitro groups is 1. The van der Waals surface area contributed by atoms with Crippen LogP contribution in [0.5, 0.6) is 5.75 Å². The third-order valence-electron chi connectivity index (χ3n) is 4.40. The smallest absolute Gasteiger partial charge is 0.289 e. The number of amides is 1. The molecule has 11 heteroatoms. The van der Waals surface area contributed by atoms with Crippen molar-refractivity contribution >= 4 is 44.6 Å². The first-order chi connectivity index (χ1) is 15.2. The molecular weight excluding hydrogens is 458 g/mol. The van der Waals surface area contributed by atoms with E-state index in [4.69, 9.17) is 16.3 Å². The van der Waals surface area contributed by atoms with Gasteiger partial charge < -0.3 is 10.1 Å². The quantitative estimate of drug-likeness (QED) is 0.387. The minimum absolute atomic E-state index is 0.258. The van der Waals surface area contributed by atoms with Crippen LogP contribution in [0.1, 0.15) is 0 Å². The van der Waals surface area contributed by atoms with Crippen LogP contribution in [0.2, 0.25) is 5.02 Å². The highest BCUT2D eigenvalue weighted by molar-refractivity contribution is 7.93. The van der Waals surface area contributed by atoms with Crippen LogP contribution in [0.15, 0.2) is 77.7 Å². The van der Waals surface area contributed by atoms with Crippen LogP contribution in [0.25, 0.3) is 0 Å². The van der Waals surface area contributed by atoms with E-state index in [1.807, 2.05) is 0 Å². The minimum Gasteiger partial charge on any atom is -0.484 e. The van der Waals surface area contributed by atoms with Crippen LogP contribution >= 0.6 is 11.6 Å². The summed E-state index contributed by atoms with van der Waals surface area (Å²) in [6.45, 7) is -0.258. The largest absolute Gasteiger partial charge is 0.484 e. The van der Waals surface area contributed by atoms with Crippen molar-refractivity contribution in [2.45, 2.75) is 4.90 Å². The fourth-order valence-electron chi connectivity index (χ4n) is 2.74. The lowest BCUT2D eigenvalue weighted by Gasteiger charge is -2.19. The second-order valence-corrected chi connectivity index (χ2v) is 8.91. The molecule has 0 atom stereocenters. The Balaban J connectivity index is 1.66. The van der Waals surface area contributed by atoms with Crippen LogP contribution in [0.3, 0.4) is 0 Å². The topological polar surface area (TPSA) is 119 Å². The molecule has 0 heterocycles. The number of para-hydroxylation sites is 1. The maximum atomic E-state index is 12.9. The summed E-state index contributed by atoms with van der Waals surface area (Å²) in [7, 11) is -2.87. The number of halogens is 1. The van der Waals surface area contributed by atoms with Gasteiger partial charge in [0, 0.05) is 23.8 Å². The SMILES string of the molecule is CN(c1ccc(OCC(=O)Nc2ccc(Cl)cc2)cc1)S(=O)(=O)c1ccccc1[N+](=O)[O-]. The Bertz CT molecular complexity index is 1230. The lowest BCUT2D eigenvalue weighted by molar-refractivity contribution is -0.387.